The van der Waals surface area contributed by atoms with Gasteiger partial charge in [-0.2, -0.15) is 0 Å². The fraction of sp³-hybridized carbons (Fsp3) is 0.526. The second-order valence-electron chi connectivity index (χ2n) is 6.91. The van der Waals surface area contributed by atoms with Gasteiger partial charge in [-0.25, -0.2) is 0 Å². The van der Waals surface area contributed by atoms with E-state index in [-0.39, 0.29) is 5.91 Å². The average molecular weight is 356 g/mol. The van der Waals surface area contributed by atoms with E-state index in [4.69, 9.17) is 9.15 Å². The highest BCUT2D eigenvalue weighted by atomic mass is 16.5. The van der Waals surface area contributed by atoms with Crippen LogP contribution < -0.4 is 4.74 Å². The summed E-state index contributed by atoms with van der Waals surface area (Å²) in [5, 5.41) is 7.94. The number of aryl methyl sites for hydroxylation is 2. The maximum atomic E-state index is 12.9. The van der Waals surface area contributed by atoms with Gasteiger partial charge in [-0.05, 0) is 43.0 Å². The molecule has 0 N–H and O–H groups in total. The normalized spacial score (nSPS) is 18.1. The second-order valence-corrected chi connectivity index (χ2v) is 6.91. The fourth-order valence-corrected chi connectivity index (χ4v) is 3.60. The van der Waals surface area contributed by atoms with Crippen molar-refractivity contribution >= 4 is 5.91 Å². The summed E-state index contributed by atoms with van der Waals surface area (Å²) in [4.78, 5) is 17.1. The van der Waals surface area contributed by atoms with Crippen molar-refractivity contribution < 1.29 is 13.9 Å². The molecule has 4 rings (SSSR count). The molecule has 26 heavy (non-hydrogen) atoms. The molecule has 138 valence electrons. The van der Waals surface area contributed by atoms with Crippen molar-refractivity contribution in [2.45, 2.75) is 32.7 Å². The van der Waals surface area contributed by atoms with Gasteiger partial charge in [-0.3, -0.25) is 9.69 Å². The molecule has 0 unspecified atom stereocenters. The highest BCUT2D eigenvalue weighted by Gasteiger charge is 2.22. The van der Waals surface area contributed by atoms with Crippen molar-refractivity contribution in [3.63, 3.8) is 0 Å². The first kappa shape index (κ1) is 17.0. The van der Waals surface area contributed by atoms with Crippen LogP contribution in [-0.4, -0.2) is 58.7 Å². The number of hydrogen-bond acceptors (Lipinski definition) is 6. The van der Waals surface area contributed by atoms with E-state index in [0.29, 0.717) is 24.9 Å². The van der Waals surface area contributed by atoms with E-state index in [0.717, 1.165) is 62.4 Å². The predicted octanol–water partition coefficient (Wildman–Crippen LogP) is 2.05. The van der Waals surface area contributed by atoms with Crippen molar-refractivity contribution in [1.82, 2.24) is 20.0 Å². The Balaban J connectivity index is 1.39. The monoisotopic (exact) mass is 356 g/mol. The molecule has 0 aliphatic carbocycles. The van der Waals surface area contributed by atoms with Gasteiger partial charge in [-0.1, -0.05) is 0 Å². The van der Waals surface area contributed by atoms with E-state index >= 15 is 0 Å². The first-order valence-electron chi connectivity index (χ1n) is 9.25. The minimum atomic E-state index is 0.105. The van der Waals surface area contributed by atoms with Gasteiger partial charge >= 0.3 is 0 Å². The van der Waals surface area contributed by atoms with Gasteiger partial charge < -0.3 is 14.1 Å². The van der Waals surface area contributed by atoms with Crippen LogP contribution in [-0.2, 0) is 13.0 Å². The van der Waals surface area contributed by atoms with Gasteiger partial charge in [0.15, 0.2) is 0 Å². The van der Waals surface area contributed by atoms with Gasteiger partial charge in [0, 0.05) is 38.7 Å². The van der Waals surface area contributed by atoms with Crippen LogP contribution >= 0.6 is 0 Å². The summed E-state index contributed by atoms with van der Waals surface area (Å²) in [5.74, 6) is 2.25. The number of aromatic nitrogens is 2. The summed E-state index contributed by atoms with van der Waals surface area (Å²) in [6.45, 7) is 6.40. The van der Waals surface area contributed by atoms with E-state index in [1.165, 1.54) is 0 Å². The maximum Gasteiger partial charge on any atom is 0.253 e. The number of amides is 1. The van der Waals surface area contributed by atoms with Crippen LogP contribution in [0.2, 0.25) is 0 Å². The number of carbonyl (C=O) groups excluding carboxylic acids is 1. The third kappa shape index (κ3) is 3.72. The number of nitrogens with zero attached hydrogens (tertiary/aromatic N) is 4. The Bertz CT molecular complexity index is 789. The number of fused-ring (bicyclic) bond motifs is 1. The quantitative estimate of drug-likeness (QED) is 0.838. The number of ether oxygens (including phenoxy) is 1. The van der Waals surface area contributed by atoms with E-state index in [1.54, 1.807) is 6.92 Å². The van der Waals surface area contributed by atoms with Crippen LogP contribution in [0.25, 0.3) is 0 Å². The Labute approximate surface area is 152 Å². The van der Waals surface area contributed by atoms with Gasteiger partial charge in [0.2, 0.25) is 11.8 Å². The molecule has 1 amide bonds. The van der Waals surface area contributed by atoms with Crippen LogP contribution in [0.3, 0.4) is 0 Å². The minimum Gasteiger partial charge on any atom is -0.493 e. The summed E-state index contributed by atoms with van der Waals surface area (Å²) in [5.41, 5.74) is 1.90. The largest absolute Gasteiger partial charge is 0.493 e. The maximum absolute atomic E-state index is 12.9. The third-order valence-electron chi connectivity index (χ3n) is 4.96. The summed E-state index contributed by atoms with van der Waals surface area (Å²) in [6, 6.07) is 5.82. The van der Waals surface area contributed by atoms with Crippen molar-refractivity contribution in [3.8, 4) is 5.75 Å². The molecule has 3 heterocycles. The summed E-state index contributed by atoms with van der Waals surface area (Å²) in [6.07, 6.45) is 2.93. The standard InChI is InChI=1S/C19H24N4O3/c1-14-20-21-18(26-14)13-22-7-3-8-23(10-9-22)19(24)16-5-6-17-15(12-16)4-2-11-25-17/h5-6,12H,2-4,7-11,13H2,1H3. The molecule has 0 atom stereocenters. The number of hydrogen-bond donors (Lipinski definition) is 0. The van der Waals surface area contributed by atoms with Crippen LogP contribution in [0.5, 0.6) is 5.75 Å². The van der Waals surface area contributed by atoms with Gasteiger partial charge in [0.05, 0.1) is 13.2 Å². The highest BCUT2D eigenvalue weighted by molar-refractivity contribution is 5.94. The van der Waals surface area contributed by atoms with Crippen molar-refractivity contribution in [2.24, 2.45) is 0 Å². The molecule has 1 aromatic carbocycles. The van der Waals surface area contributed by atoms with E-state index in [2.05, 4.69) is 15.1 Å². The first-order chi connectivity index (χ1) is 12.7. The molecule has 1 aromatic heterocycles. The van der Waals surface area contributed by atoms with Crippen molar-refractivity contribution in [2.75, 3.05) is 32.8 Å². The third-order valence-corrected chi connectivity index (χ3v) is 4.96. The Morgan fingerprint density at radius 2 is 2.08 bits per heavy atom. The second kappa shape index (κ2) is 7.45. The Hall–Kier alpha value is -2.41. The number of carbonyl (C=O) groups is 1. The molecule has 1 fully saturated rings. The SMILES string of the molecule is Cc1nnc(CN2CCCN(C(=O)c3ccc4c(c3)CCCO4)CC2)o1. The average Bonchev–Trinajstić information content (AvgIpc) is 2.93. The molecule has 2 aliphatic heterocycles. The molecule has 0 bridgehead atoms. The molecule has 0 radical (unpaired) electrons. The van der Waals surface area contributed by atoms with Crippen LogP contribution in [0.1, 0.15) is 40.5 Å². The molecule has 7 heteroatoms. The molecular formula is C19H24N4O3. The lowest BCUT2D eigenvalue weighted by Gasteiger charge is -2.23. The molecular weight excluding hydrogens is 332 g/mol. The summed E-state index contributed by atoms with van der Waals surface area (Å²) in [7, 11) is 0. The minimum absolute atomic E-state index is 0.105. The van der Waals surface area contributed by atoms with Crippen LogP contribution in [0, 0.1) is 6.92 Å². The lowest BCUT2D eigenvalue weighted by Crippen LogP contribution is -2.35. The van der Waals surface area contributed by atoms with Gasteiger partial charge in [0.1, 0.15) is 5.75 Å². The van der Waals surface area contributed by atoms with E-state index < -0.39 is 0 Å². The smallest absolute Gasteiger partial charge is 0.253 e. The van der Waals surface area contributed by atoms with Crippen LogP contribution in [0.15, 0.2) is 22.6 Å². The summed E-state index contributed by atoms with van der Waals surface area (Å²) < 4.78 is 11.1. The van der Waals surface area contributed by atoms with E-state index in [9.17, 15) is 4.79 Å². The topological polar surface area (TPSA) is 71.7 Å². The summed E-state index contributed by atoms with van der Waals surface area (Å²) >= 11 is 0. The van der Waals surface area contributed by atoms with Crippen molar-refractivity contribution in [1.29, 1.82) is 0 Å². The zero-order valence-corrected chi connectivity index (χ0v) is 15.1. The predicted molar refractivity (Wildman–Crippen MR) is 95.1 cm³/mol. The lowest BCUT2D eigenvalue weighted by atomic mass is 10.0. The molecule has 1 saturated heterocycles. The van der Waals surface area contributed by atoms with Gasteiger partial charge in [0.25, 0.3) is 5.91 Å². The zero-order chi connectivity index (χ0) is 17.9. The molecule has 0 saturated carbocycles. The number of benzene rings is 1. The Morgan fingerprint density at radius 1 is 1.15 bits per heavy atom. The molecule has 0 spiro atoms. The van der Waals surface area contributed by atoms with Crippen LogP contribution in [0.4, 0.5) is 0 Å². The van der Waals surface area contributed by atoms with E-state index in [1.807, 2.05) is 23.1 Å². The molecule has 7 nitrogen and oxygen atoms in total. The molecule has 2 aromatic rings. The van der Waals surface area contributed by atoms with Gasteiger partial charge in [-0.15, -0.1) is 10.2 Å². The highest BCUT2D eigenvalue weighted by Crippen LogP contribution is 2.26. The Morgan fingerprint density at radius 3 is 2.92 bits per heavy atom. The number of rotatable bonds is 3. The zero-order valence-electron chi connectivity index (χ0n) is 15.1. The lowest BCUT2D eigenvalue weighted by molar-refractivity contribution is 0.0760. The van der Waals surface area contributed by atoms with Crippen molar-refractivity contribution in [3.05, 3.63) is 41.1 Å². The first-order valence-corrected chi connectivity index (χ1v) is 9.25. The molecule has 2 aliphatic rings. The fourth-order valence-electron chi connectivity index (χ4n) is 3.60. The Kier molecular flexibility index (Phi) is 4.88.